The predicted molar refractivity (Wildman–Crippen MR) is 83.0 cm³/mol. The summed E-state index contributed by atoms with van der Waals surface area (Å²) in [5.74, 6) is 0.0194. The Balaban J connectivity index is 1.98. The first-order valence-corrected chi connectivity index (χ1v) is 7.37. The van der Waals surface area contributed by atoms with Gasteiger partial charge in [0.15, 0.2) is 0 Å². The minimum atomic E-state index is -0.0404. The Morgan fingerprint density at radius 1 is 1.10 bits per heavy atom. The third-order valence-corrected chi connectivity index (χ3v) is 4.09. The molecule has 2 aromatic carbocycles. The quantitative estimate of drug-likeness (QED) is 0.939. The van der Waals surface area contributed by atoms with Crippen molar-refractivity contribution in [3.05, 3.63) is 60.2 Å². The SMILES string of the molecule is O=C(c1ccccc1-c1ccccc1)N1CCCC1CO. The van der Waals surface area contributed by atoms with Crippen molar-refractivity contribution in [3.8, 4) is 11.1 Å². The van der Waals surface area contributed by atoms with Gasteiger partial charge in [0.1, 0.15) is 0 Å². The molecule has 3 rings (SSSR count). The van der Waals surface area contributed by atoms with Crippen molar-refractivity contribution in [1.82, 2.24) is 4.90 Å². The zero-order valence-electron chi connectivity index (χ0n) is 11.9. The van der Waals surface area contributed by atoms with Crippen molar-refractivity contribution in [3.63, 3.8) is 0 Å². The van der Waals surface area contributed by atoms with Crippen LogP contribution >= 0.6 is 0 Å². The molecule has 1 saturated heterocycles. The minimum Gasteiger partial charge on any atom is -0.394 e. The molecule has 1 N–H and O–H groups in total. The average molecular weight is 281 g/mol. The van der Waals surface area contributed by atoms with E-state index in [-0.39, 0.29) is 18.6 Å². The Hall–Kier alpha value is -2.13. The summed E-state index contributed by atoms with van der Waals surface area (Å²) in [4.78, 5) is 14.6. The second-order valence-electron chi connectivity index (χ2n) is 5.39. The molecule has 1 atom stereocenters. The molecular formula is C18H19NO2. The third kappa shape index (κ3) is 2.69. The number of nitrogens with zero attached hydrogens (tertiary/aromatic N) is 1. The van der Waals surface area contributed by atoms with Crippen LogP contribution in [-0.2, 0) is 0 Å². The highest BCUT2D eigenvalue weighted by Gasteiger charge is 2.29. The lowest BCUT2D eigenvalue weighted by atomic mass is 9.98. The maximum Gasteiger partial charge on any atom is 0.254 e. The first kappa shape index (κ1) is 13.8. The van der Waals surface area contributed by atoms with Crippen LogP contribution in [0.1, 0.15) is 23.2 Å². The number of aliphatic hydroxyl groups excluding tert-OH is 1. The number of likely N-dealkylation sites (tertiary alicyclic amines) is 1. The van der Waals surface area contributed by atoms with Gasteiger partial charge in [-0.05, 0) is 30.0 Å². The van der Waals surface area contributed by atoms with E-state index in [2.05, 4.69) is 0 Å². The molecule has 108 valence electrons. The van der Waals surface area contributed by atoms with Gasteiger partial charge in [-0.15, -0.1) is 0 Å². The molecule has 1 aliphatic heterocycles. The summed E-state index contributed by atoms with van der Waals surface area (Å²) in [5, 5.41) is 9.42. The molecule has 1 fully saturated rings. The average Bonchev–Trinajstić information content (AvgIpc) is 3.03. The lowest BCUT2D eigenvalue weighted by molar-refractivity contribution is 0.0678. The zero-order valence-corrected chi connectivity index (χ0v) is 11.9. The van der Waals surface area contributed by atoms with Crippen LogP contribution in [0, 0.1) is 0 Å². The first-order valence-electron chi connectivity index (χ1n) is 7.37. The van der Waals surface area contributed by atoms with Crippen LogP contribution in [0.15, 0.2) is 54.6 Å². The molecule has 0 aliphatic carbocycles. The first-order chi connectivity index (χ1) is 10.3. The highest BCUT2D eigenvalue weighted by molar-refractivity contribution is 6.01. The van der Waals surface area contributed by atoms with Crippen LogP contribution in [0.3, 0.4) is 0 Å². The Bertz CT molecular complexity index is 624. The number of benzene rings is 2. The van der Waals surface area contributed by atoms with Crippen LogP contribution < -0.4 is 0 Å². The maximum atomic E-state index is 12.8. The van der Waals surface area contributed by atoms with E-state index in [9.17, 15) is 9.90 Å². The Morgan fingerprint density at radius 3 is 2.57 bits per heavy atom. The van der Waals surface area contributed by atoms with Crippen LogP contribution in [0.4, 0.5) is 0 Å². The number of rotatable bonds is 3. The molecule has 21 heavy (non-hydrogen) atoms. The molecule has 0 radical (unpaired) electrons. The van der Waals surface area contributed by atoms with E-state index in [1.54, 1.807) is 0 Å². The minimum absolute atomic E-state index is 0.0194. The Kier molecular flexibility index (Phi) is 4.02. The molecule has 3 nitrogen and oxygen atoms in total. The smallest absolute Gasteiger partial charge is 0.254 e. The molecule has 1 aliphatic rings. The van der Waals surface area contributed by atoms with Gasteiger partial charge in [-0.1, -0.05) is 48.5 Å². The van der Waals surface area contributed by atoms with Crippen molar-refractivity contribution in [2.24, 2.45) is 0 Å². The van der Waals surface area contributed by atoms with Crippen molar-refractivity contribution < 1.29 is 9.90 Å². The number of hydrogen-bond donors (Lipinski definition) is 1. The van der Waals surface area contributed by atoms with Crippen LogP contribution in [-0.4, -0.2) is 35.1 Å². The molecule has 1 unspecified atom stereocenters. The predicted octanol–water partition coefficient (Wildman–Crippen LogP) is 2.95. The van der Waals surface area contributed by atoms with E-state index in [0.717, 1.165) is 30.5 Å². The highest BCUT2D eigenvalue weighted by atomic mass is 16.3. The third-order valence-electron chi connectivity index (χ3n) is 4.09. The number of carbonyl (C=O) groups is 1. The van der Waals surface area contributed by atoms with Gasteiger partial charge < -0.3 is 10.0 Å². The fourth-order valence-electron chi connectivity index (χ4n) is 2.99. The number of hydrogen-bond acceptors (Lipinski definition) is 2. The van der Waals surface area contributed by atoms with E-state index in [1.807, 2.05) is 59.5 Å². The molecule has 1 heterocycles. The van der Waals surface area contributed by atoms with E-state index in [4.69, 9.17) is 0 Å². The van der Waals surface area contributed by atoms with Gasteiger partial charge in [-0.3, -0.25) is 4.79 Å². The van der Waals surface area contributed by atoms with Gasteiger partial charge in [0, 0.05) is 12.1 Å². The topological polar surface area (TPSA) is 40.5 Å². The van der Waals surface area contributed by atoms with Gasteiger partial charge in [0.05, 0.1) is 12.6 Å². The lowest BCUT2D eigenvalue weighted by Gasteiger charge is -2.24. The van der Waals surface area contributed by atoms with Crippen molar-refractivity contribution in [2.75, 3.05) is 13.2 Å². The monoisotopic (exact) mass is 281 g/mol. The summed E-state index contributed by atoms with van der Waals surface area (Å²) in [6.45, 7) is 0.770. The van der Waals surface area contributed by atoms with Gasteiger partial charge in [0.2, 0.25) is 0 Å². The highest BCUT2D eigenvalue weighted by Crippen LogP contribution is 2.27. The van der Waals surface area contributed by atoms with Gasteiger partial charge in [-0.2, -0.15) is 0 Å². The molecule has 0 bridgehead atoms. The molecule has 2 aromatic rings. The molecule has 1 amide bonds. The normalized spacial score (nSPS) is 18.0. The number of carbonyl (C=O) groups excluding carboxylic acids is 1. The van der Waals surface area contributed by atoms with E-state index >= 15 is 0 Å². The molecule has 0 saturated carbocycles. The second-order valence-corrected chi connectivity index (χ2v) is 5.39. The van der Waals surface area contributed by atoms with Crippen LogP contribution in [0.5, 0.6) is 0 Å². The summed E-state index contributed by atoms with van der Waals surface area (Å²) >= 11 is 0. The van der Waals surface area contributed by atoms with Gasteiger partial charge in [0.25, 0.3) is 5.91 Å². The Morgan fingerprint density at radius 2 is 1.81 bits per heavy atom. The fraction of sp³-hybridized carbons (Fsp3) is 0.278. The summed E-state index contributed by atoms with van der Waals surface area (Å²) in [5.41, 5.74) is 2.71. The summed E-state index contributed by atoms with van der Waals surface area (Å²) in [6.07, 6.45) is 1.85. The maximum absolute atomic E-state index is 12.8. The second kappa shape index (κ2) is 6.10. The molecular weight excluding hydrogens is 262 g/mol. The van der Waals surface area contributed by atoms with Crippen LogP contribution in [0.2, 0.25) is 0 Å². The summed E-state index contributed by atoms with van der Waals surface area (Å²) in [6, 6.07) is 17.6. The standard InChI is InChI=1S/C18H19NO2/c20-13-15-9-6-12-19(15)18(21)17-11-5-4-10-16(17)14-7-2-1-3-8-14/h1-5,7-8,10-11,15,20H,6,9,12-13H2. The van der Waals surface area contributed by atoms with E-state index < -0.39 is 0 Å². The summed E-state index contributed by atoms with van der Waals surface area (Å²) < 4.78 is 0. The lowest BCUT2D eigenvalue weighted by Crippen LogP contribution is -2.37. The Labute approximate surface area is 124 Å². The fourth-order valence-corrected chi connectivity index (χ4v) is 2.99. The zero-order chi connectivity index (χ0) is 14.7. The van der Waals surface area contributed by atoms with Gasteiger partial charge >= 0.3 is 0 Å². The molecule has 0 aromatic heterocycles. The van der Waals surface area contributed by atoms with Gasteiger partial charge in [-0.25, -0.2) is 0 Å². The van der Waals surface area contributed by atoms with Crippen molar-refractivity contribution in [1.29, 1.82) is 0 Å². The van der Waals surface area contributed by atoms with Crippen molar-refractivity contribution in [2.45, 2.75) is 18.9 Å². The van der Waals surface area contributed by atoms with Crippen molar-refractivity contribution >= 4 is 5.91 Å². The number of amides is 1. The largest absolute Gasteiger partial charge is 0.394 e. The number of aliphatic hydroxyl groups is 1. The van der Waals surface area contributed by atoms with E-state index in [1.165, 1.54) is 0 Å². The van der Waals surface area contributed by atoms with E-state index in [0.29, 0.717) is 5.56 Å². The molecule has 3 heteroatoms. The van der Waals surface area contributed by atoms with Crippen LogP contribution in [0.25, 0.3) is 11.1 Å². The molecule has 0 spiro atoms. The summed E-state index contributed by atoms with van der Waals surface area (Å²) in [7, 11) is 0.